The molecule has 1 aliphatic carbocycles. The SMILES string of the molecule is CC(NC(=O)C1(c2ccc(Cl)cc2)CCC1)c1ccccc1. The number of halogens is 1. The summed E-state index contributed by atoms with van der Waals surface area (Å²) in [5, 5.41) is 3.89. The molecular weight excluding hydrogens is 294 g/mol. The number of hydrogen-bond acceptors (Lipinski definition) is 1. The van der Waals surface area contributed by atoms with Crippen molar-refractivity contribution in [2.45, 2.75) is 37.6 Å². The van der Waals surface area contributed by atoms with Crippen molar-refractivity contribution in [3.63, 3.8) is 0 Å². The van der Waals surface area contributed by atoms with Crippen LogP contribution in [0.4, 0.5) is 0 Å². The maximum atomic E-state index is 12.9. The first-order valence-electron chi connectivity index (χ1n) is 7.74. The minimum atomic E-state index is -0.381. The molecule has 0 heterocycles. The maximum absolute atomic E-state index is 12.9. The predicted molar refractivity (Wildman–Crippen MR) is 90.0 cm³/mol. The van der Waals surface area contributed by atoms with Crippen molar-refractivity contribution in [3.05, 3.63) is 70.7 Å². The summed E-state index contributed by atoms with van der Waals surface area (Å²) in [4.78, 5) is 12.9. The molecule has 0 aromatic heterocycles. The molecule has 0 spiro atoms. The van der Waals surface area contributed by atoms with E-state index in [2.05, 4.69) is 5.32 Å². The van der Waals surface area contributed by atoms with Gasteiger partial charge in [0.2, 0.25) is 5.91 Å². The third-order valence-corrected chi connectivity index (χ3v) is 4.94. The lowest BCUT2D eigenvalue weighted by Gasteiger charge is -2.41. The number of carbonyl (C=O) groups is 1. The molecule has 3 rings (SSSR count). The highest BCUT2D eigenvalue weighted by atomic mass is 35.5. The van der Waals surface area contributed by atoms with E-state index in [1.165, 1.54) is 0 Å². The molecule has 0 saturated heterocycles. The Morgan fingerprint density at radius 3 is 2.27 bits per heavy atom. The van der Waals surface area contributed by atoms with Crippen LogP contribution in [0.3, 0.4) is 0 Å². The van der Waals surface area contributed by atoms with Gasteiger partial charge in [-0.2, -0.15) is 0 Å². The largest absolute Gasteiger partial charge is 0.349 e. The monoisotopic (exact) mass is 313 g/mol. The zero-order valence-corrected chi connectivity index (χ0v) is 13.4. The third kappa shape index (κ3) is 2.76. The van der Waals surface area contributed by atoms with Crippen LogP contribution in [0.2, 0.25) is 5.02 Å². The van der Waals surface area contributed by atoms with Crippen LogP contribution in [0.5, 0.6) is 0 Å². The van der Waals surface area contributed by atoms with Crippen molar-refractivity contribution in [3.8, 4) is 0 Å². The molecule has 2 aromatic carbocycles. The Bertz CT molecular complexity index is 647. The minimum Gasteiger partial charge on any atom is -0.349 e. The molecule has 2 aromatic rings. The summed E-state index contributed by atoms with van der Waals surface area (Å²) in [7, 11) is 0. The van der Waals surface area contributed by atoms with Crippen LogP contribution < -0.4 is 5.32 Å². The molecule has 3 heteroatoms. The first kappa shape index (κ1) is 15.1. The van der Waals surface area contributed by atoms with Gasteiger partial charge in [0.15, 0.2) is 0 Å². The third-order valence-electron chi connectivity index (χ3n) is 4.69. The second-order valence-corrected chi connectivity index (χ2v) is 6.48. The van der Waals surface area contributed by atoms with Crippen LogP contribution in [0.15, 0.2) is 54.6 Å². The van der Waals surface area contributed by atoms with Gasteiger partial charge in [0.25, 0.3) is 0 Å². The summed E-state index contributed by atoms with van der Waals surface area (Å²) in [6.45, 7) is 2.03. The Hall–Kier alpha value is -1.80. The summed E-state index contributed by atoms with van der Waals surface area (Å²) in [5.41, 5.74) is 1.82. The maximum Gasteiger partial charge on any atom is 0.231 e. The van der Waals surface area contributed by atoms with Gasteiger partial charge in [0.1, 0.15) is 0 Å². The quantitative estimate of drug-likeness (QED) is 0.875. The standard InChI is InChI=1S/C19H20ClNO/c1-14(15-6-3-2-4-7-15)21-18(22)19(12-5-13-19)16-8-10-17(20)11-9-16/h2-4,6-11,14H,5,12-13H2,1H3,(H,21,22). The van der Waals surface area contributed by atoms with Gasteiger partial charge < -0.3 is 5.32 Å². The average molecular weight is 314 g/mol. The number of benzene rings is 2. The molecule has 2 nitrogen and oxygen atoms in total. The van der Waals surface area contributed by atoms with E-state index in [0.717, 1.165) is 30.4 Å². The molecule has 0 aliphatic heterocycles. The normalized spacial score (nSPS) is 17.4. The van der Waals surface area contributed by atoms with Crippen molar-refractivity contribution < 1.29 is 4.79 Å². The van der Waals surface area contributed by atoms with Gasteiger partial charge >= 0.3 is 0 Å². The highest BCUT2D eigenvalue weighted by Crippen LogP contribution is 2.44. The fraction of sp³-hybridized carbons (Fsp3) is 0.316. The van der Waals surface area contributed by atoms with Gasteiger partial charge in [0, 0.05) is 5.02 Å². The van der Waals surface area contributed by atoms with Crippen molar-refractivity contribution in [1.29, 1.82) is 0 Å². The topological polar surface area (TPSA) is 29.1 Å². The zero-order valence-electron chi connectivity index (χ0n) is 12.7. The molecule has 0 radical (unpaired) electrons. The Labute approximate surface area is 136 Å². The van der Waals surface area contributed by atoms with Gasteiger partial charge in [-0.25, -0.2) is 0 Å². The van der Waals surface area contributed by atoms with Gasteiger partial charge in [0.05, 0.1) is 11.5 Å². The van der Waals surface area contributed by atoms with E-state index in [1.807, 2.05) is 61.5 Å². The zero-order chi connectivity index (χ0) is 15.6. The molecule has 1 unspecified atom stereocenters. The van der Waals surface area contributed by atoms with E-state index in [9.17, 15) is 4.79 Å². The number of carbonyl (C=O) groups excluding carboxylic acids is 1. The Morgan fingerprint density at radius 2 is 1.73 bits per heavy atom. The smallest absolute Gasteiger partial charge is 0.231 e. The Balaban J connectivity index is 1.79. The second-order valence-electron chi connectivity index (χ2n) is 6.05. The van der Waals surface area contributed by atoms with E-state index in [1.54, 1.807) is 0 Å². The molecule has 1 amide bonds. The van der Waals surface area contributed by atoms with E-state index >= 15 is 0 Å². The average Bonchev–Trinajstić information content (AvgIpc) is 2.49. The van der Waals surface area contributed by atoms with E-state index in [-0.39, 0.29) is 17.4 Å². The van der Waals surface area contributed by atoms with Crippen LogP contribution in [0, 0.1) is 0 Å². The van der Waals surface area contributed by atoms with E-state index in [4.69, 9.17) is 11.6 Å². The molecule has 1 atom stereocenters. The van der Waals surface area contributed by atoms with Crippen LogP contribution >= 0.6 is 11.6 Å². The lowest BCUT2D eigenvalue weighted by molar-refractivity contribution is -0.130. The van der Waals surface area contributed by atoms with Gasteiger partial charge in [-0.1, -0.05) is 60.5 Å². The summed E-state index contributed by atoms with van der Waals surface area (Å²) >= 11 is 5.97. The van der Waals surface area contributed by atoms with Crippen molar-refractivity contribution in [2.75, 3.05) is 0 Å². The minimum absolute atomic E-state index is 0.0125. The summed E-state index contributed by atoms with van der Waals surface area (Å²) in [5.74, 6) is 0.123. The first-order chi connectivity index (χ1) is 10.6. The second kappa shape index (κ2) is 6.13. The van der Waals surface area contributed by atoms with E-state index < -0.39 is 0 Å². The fourth-order valence-corrected chi connectivity index (χ4v) is 3.23. The van der Waals surface area contributed by atoms with Crippen molar-refractivity contribution in [1.82, 2.24) is 5.32 Å². The van der Waals surface area contributed by atoms with Crippen molar-refractivity contribution >= 4 is 17.5 Å². The van der Waals surface area contributed by atoms with Crippen molar-refractivity contribution in [2.24, 2.45) is 0 Å². The number of rotatable bonds is 4. The number of amides is 1. The lowest BCUT2D eigenvalue weighted by atomic mass is 9.63. The fourth-order valence-electron chi connectivity index (χ4n) is 3.11. The number of nitrogens with one attached hydrogen (secondary N) is 1. The van der Waals surface area contributed by atoms with Gasteiger partial charge in [-0.05, 0) is 43.0 Å². The molecule has 0 bridgehead atoms. The van der Waals surface area contributed by atoms with Gasteiger partial charge in [-0.15, -0.1) is 0 Å². The van der Waals surface area contributed by atoms with Crippen LogP contribution in [-0.4, -0.2) is 5.91 Å². The lowest BCUT2D eigenvalue weighted by Crippen LogP contribution is -2.49. The summed E-state index contributed by atoms with van der Waals surface area (Å²) in [6.07, 6.45) is 2.90. The molecule has 1 saturated carbocycles. The molecule has 22 heavy (non-hydrogen) atoms. The molecule has 1 N–H and O–H groups in total. The highest BCUT2D eigenvalue weighted by Gasteiger charge is 2.45. The predicted octanol–water partition coefficient (Wildman–Crippen LogP) is 4.64. The first-order valence-corrected chi connectivity index (χ1v) is 8.11. The number of hydrogen-bond donors (Lipinski definition) is 1. The molecular formula is C19H20ClNO. The molecule has 114 valence electrons. The van der Waals surface area contributed by atoms with Crippen LogP contribution in [-0.2, 0) is 10.2 Å². The molecule has 1 fully saturated rings. The van der Waals surface area contributed by atoms with Crippen LogP contribution in [0.1, 0.15) is 43.4 Å². The van der Waals surface area contributed by atoms with Crippen LogP contribution in [0.25, 0.3) is 0 Å². The summed E-state index contributed by atoms with van der Waals surface area (Å²) < 4.78 is 0. The molecule has 1 aliphatic rings. The Morgan fingerprint density at radius 1 is 1.09 bits per heavy atom. The summed E-state index contributed by atoms with van der Waals surface area (Å²) in [6, 6.07) is 17.8. The van der Waals surface area contributed by atoms with E-state index in [0.29, 0.717) is 5.02 Å². The highest BCUT2D eigenvalue weighted by molar-refractivity contribution is 6.30. The van der Waals surface area contributed by atoms with Gasteiger partial charge in [-0.3, -0.25) is 4.79 Å². The Kier molecular flexibility index (Phi) is 4.21.